The van der Waals surface area contributed by atoms with Crippen molar-refractivity contribution in [2.45, 2.75) is 0 Å². The van der Waals surface area contributed by atoms with Gasteiger partial charge in [-0.1, -0.05) is 0 Å². The molecule has 0 unspecified atom stereocenters. The number of rotatable bonds is 3. The molecule has 4 N–H and O–H groups in total. The van der Waals surface area contributed by atoms with Gasteiger partial charge in [0.2, 0.25) is 0 Å². The molecule has 0 aliphatic carbocycles. The highest BCUT2D eigenvalue weighted by molar-refractivity contribution is 4.79. The molecule has 1 saturated heterocycles. The Kier molecular flexibility index (Phi) is 2.45. The third-order valence-electron chi connectivity index (χ3n) is 1.81. The van der Waals surface area contributed by atoms with Crippen molar-refractivity contribution in [1.82, 2.24) is 4.90 Å². The molecule has 0 radical (unpaired) electrons. The number of likely N-dealkylation sites (tertiary alicyclic amines) is 1. The molecule has 0 atom stereocenters. The molecule has 1 fully saturated rings. The van der Waals surface area contributed by atoms with Crippen molar-refractivity contribution in [2.75, 3.05) is 32.7 Å². The van der Waals surface area contributed by atoms with E-state index in [0.717, 1.165) is 38.6 Å². The molecule has 0 aromatic rings. The van der Waals surface area contributed by atoms with Gasteiger partial charge in [-0.3, -0.25) is 0 Å². The molecule has 0 aromatic heterocycles. The zero-order chi connectivity index (χ0) is 6.69. The predicted octanol–water partition coefficient (Wildman–Crippen LogP) is -1.16. The first kappa shape index (κ1) is 6.99. The van der Waals surface area contributed by atoms with E-state index in [1.807, 2.05) is 0 Å². The largest absolute Gasteiger partial charge is 0.330 e. The zero-order valence-corrected chi connectivity index (χ0v) is 5.71. The molecule has 3 nitrogen and oxygen atoms in total. The molecule has 9 heavy (non-hydrogen) atoms. The Labute approximate surface area is 56.0 Å². The molecular formula is C6H15N3. The van der Waals surface area contributed by atoms with E-state index < -0.39 is 0 Å². The lowest BCUT2D eigenvalue weighted by molar-refractivity contribution is 0.110. The molecule has 0 bridgehead atoms. The summed E-state index contributed by atoms with van der Waals surface area (Å²) in [5, 5.41) is 0. The maximum absolute atomic E-state index is 5.43. The molecule has 1 heterocycles. The fourth-order valence-electron chi connectivity index (χ4n) is 1.19. The Morgan fingerprint density at radius 3 is 2.44 bits per heavy atom. The van der Waals surface area contributed by atoms with Crippen LogP contribution in [0.1, 0.15) is 0 Å². The summed E-state index contributed by atoms with van der Waals surface area (Å²) >= 11 is 0. The van der Waals surface area contributed by atoms with Gasteiger partial charge in [0.05, 0.1) is 0 Å². The van der Waals surface area contributed by atoms with Crippen molar-refractivity contribution in [2.24, 2.45) is 17.4 Å². The Morgan fingerprint density at radius 1 is 1.33 bits per heavy atom. The van der Waals surface area contributed by atoms with E-state index in [4.69, 9.17) is 11.5 Å². The highest BCUT2D eigenvalue weighted by Crippen LogP contribution is 2.11. The third-order valence-corrected chi connectivity index (χ3v) is 1.81. The first-order valence-electron chi connectivity index (χ1n) is 3.49. The van der Waals surface area contributed by atoms with E-state index >= 15 is 0 Å². The molecule has 0 amide bonds. The van der Waals surface area contributed by atoms with Crippen molar-refractivity contribution in [3.8, 4) is 0 Å². The van der Waals surface area contributed by atoms with Crippen LogP contribution in [0.25, 0.3) is 0 Å². The van der Waals surface area contributed by atoms with Crippen LogP contribution >= 0.6 is 0 Å². The SMILES string of the molecule is NCCN1CC(CN)C1. The zero-order valence-electron chi connectivity index (χ0n) is 5.71. The van der Waals surface area contributed by atoms with Crippen LogP contribution < -0.4 is 11.5 Å². The summed E-state index contributed by atoms with van der Waals surface area (Å²) in [5.41, 5.74) is 10.8. The molecule has 1 aliphatic rings. The van der Waals surface area contributed by atoms with Crippen LogP contribution in [-0.4, -0.2) is 37.6 Å². The number of hydrogen-bond acceptors (Lipinski definition) is 3. The van der Waals surface area contributed by atoms with Gasteiger partial charge in [0.1, 0.15) is 0 Å². The fraction of sp³-hybridized carbons (Fsp3) is 1.00. The summed E-state index contributed by atoms with van der Waals surface area (Å²) in [6.45, 7) is 4.97. The summed E-state index contributed by atoms with van der Waals surface area (Å²) in [7, 11) is 0. The minimum atomic E-state index is 0.747. The van der Waals surface area contributed by atoms with Gasteiger partial charge < -0.3 is 16.4 Å². The normalized spacial score (nSPS) is 22.0. The second kappa shape index (κ2) is 3.15. The molecule has 0 aromatic carbocycles. The summed E-state index contributed by atoms with van der Waals surface area (Å²) in [4.78, 5) is 2.33. The molecule has 1 rings (SSSR count). The smallest absolute Gasteiger partial charge is 0.0105 e. The van der Waals surface area contributed by atoms with Crippen molar-refractivity contribution in [1.29, 1.82) is 0 Å². The fourth-order valence-corrected chi connectivity index (χ4v) is 1.19. The third kappa shape index (κ3) is 1.64. The van der Waals surface area contributed by atoms with Crippen LogP contribution in [0.15, 0.2) is 0 Å². The van der Waals surface area contributed by atoms with Gasteiger partial charge >= 0.3 is 0 Å². The minimum Gasteiger partial charge on any atom is -0.330 e. The van der Waals surface area contributed by atoms with Gasteiger partial charge in [0.25, 0.3) is 0 Å². The Balaban J connectivity index is 1.98. The highest BCUT2D eigenvalue weighted by Gasteiger charge is 2.23. The average Bonchev–Trinajstić information content (AvgIpc) is 1.77. The average molecular weight is 129 g/mol. The van der Waals surface area contributed by atoms with Gasteiger partial charge in [0, 0.05) is 26.2 Å². The lowest BCUT2D eigenvalue weighted by atomic mass is 10.0. The molecule has 3 heteroatoms. The second-order valence-electron chi connectivity index (χ2n) is 2.65. The van der Waals surface area contributed by atoms with Crippen molar-refractivity contribution < 1.29 is 0 Å². The predicted molar refractivity (Wildman–Crippen MR) is 38.0 cm³/mol. The lowest BCUT2D eigenvalue weighted by Crippen LogP contribution is -2.51. The van der Waals surface area contributed by atoms with E-state index in [0.29, 0.717) is 0 Å². The van der Waals surface area contributed by atoms with E-state index in [1.54, 1.807) is 0 Å². The highest BCUT2D eigenvalue weighted by atomic mass is 15.2. The van der Waals surface area contributed by atoms with Crippen LogP contribution in [0.3, 0.4) is 0 Å². The van der Waals surface area contributed by atoms with Crippen LogP contribution in [0.5, 0.6) is 0 Å². The maximum atomic E-state index is 5.43. The van der Waals surface area contributed by atoms with E-state index in [9.17, 15) is 0 Å². The van der Waals surface area contributed by atoms with E-state index in [-0.39, 0.29) is 0 Å². The second-order valence-corrected chi connectivity index (χ2v) is 2.65. The molecule has 1 aliphatic heterocycles. The van der Waals surface area contributed by atoms with E-state index in [1.165, 1.54) is 0 Å². The Hall–Kier alpha value is -0.120. The monoisotopic (exact) mass is 129 g/mol. The van der Waals surface area contributed by atoms with Gasteiger partial charge in [-0.15, -0.1) is 0 Å². The number of nitrogens with zero attached hydrogens (tertiary/aromatic N) is 1. The van der Waals surface area contributed by atoms with Crippen LogP contribution in [0.2, 0.25) is 0 Å². The van der Waals surface area contributed by atoms with Crippen molar-refractivity contribution in [3.63, 3.8) is 0 Å². The maximum Gasteiger partial charge on any atom is 0.0105 e. The topological polar surface area (TPSA) is 55.3 Å². The van der Waals surface area contributed by atoms with Crippen molar-refractivity contribution >= 4 is 0 Å². The molecular weight excluding hydrogens is 114 g/mol. The first-order valence-corrected chi connectivity index (χ1v) is 3.49. The van der Waals surface area contributed by atoms with Crippen molar-refractivity contribution in [3.05, 3.63) is 0 Å². The first-order chi connectivity index (χ1) is 4.36. The standard InChI is InChI=1S/C6H15N3/c7-1-2-9-4-6(3-8)5-9/h6H,1-5,7-8H2. The Bertz CT molecular complexity index is 78.4. The van der Waals surface area contributed by atoms with Gasteiger partial charge in [-0.25, -0.2) is 0 Å². The van der Waals surface area contributed by atoms with Crippen LogP contribution in [0.4, 0.5) is 0 Å². The summed E-state index contributed by atoms with van der Waals surface area (Å²) in [6.07, 6.45) is 0. The molecule has 54 valence electrons. The molecule has 0 spiro atoms. The number of nitrogens with two attached hydrogens (primary N) is 2. The lowest BCUT2D eigenvalue weighted by Gasteiger charge is -2.38. The van der Waals surface area contributed by atoms with Crippen LogP contribution in [-0.2, 0) is 0 Å². The van der Waals surface area contributed by atoms with Gasteiger partial charge in [-0.2, -0.15) is 0 Å². The summed E-state index contributed by atoms with van der Waals surface area (Å²) < 4.78 is 0. The summed E-state index contributed by atoms with van der Waals surface area (Å²) in [5.74, 6) is 0.747. The quantitative estimate of drug-likeness (QED) is 0.505. The number of hydrogen-bond donors (Lipinski definition) is 2. The Morgan fingerprint density at radius 2 is 2.00 bits per heavy atom. The summed E-state index contributed by atoms with van der Waals surface area (Å²) in [6, 6.07) is 0. The van der Waals surface area contributed by atoms with E-state index in [2.05, 4.69) is 4.90 Å². The minimum absolute atomic E-state index is 0.747. The van der Waals surface area contributed by atoms with Crippen LogP contribution in [0, 0.1) is 5.92 Å². The van der Waals surface area contributed by atoms with Gasteiger partial charge in [-0.05, 0) is 12.5 Å². The van der Waals surface area contributed by atoms with Gasteiger partial charge in [0.15, 0.2) is 0 Å². The molecule has 0 saturated carbocycles.